The minimum atomic E-state index is 0.824. The number of hydrogen-bond donors (Lipinski definition) is 1. The Morgan fingerprint density at radius 3 is 2.53 bits per heavy atom. The molecule has 2 unspecified atom stereocenters. The first-order valence-corrected chi connectivity index (χ1v) is 8.75. The Labute approximate surface area is 120 Å². The van der Waals surface area contributed by atoms with Crippen molar-refractivity contribution in [2.45, 2.75) is 83.2 Å². The molecule has 0 spiro atoms. The predicted octanol–water partition coefficient (Wildman–Crippen LogP) is 3.81. The molecule has 2 nitrogen and oxygen atoms in total. The molecule has 0 aliphatic heterocycles. The standard InChI is InChI=1S/C17H34N2/c1-3-15-9-7-12-17(15)18-13-8-14-19(2)16-10-5-4-6-11-16/h15-18H,3-14H2,1-2H3. The maximum absolute atomic E-state index is 3.81. The van der Waals surface area contributed by atoms with Crippen molar-refractivity contribution in [3.05, 3.63) is 0 Å². The summed E-state index contributed by atoms with van der Waals surface area (Å²) >= 11 is 0. The smallest absolute Gasteiger partial charge is 0.00952 e. The van der Waals surface area contributed by atoms with Crippen LogP contribution >= 0.6 is 0 Å². The van der Waals surface area contributed by atoms with Gasteiger partial charge in [-0.05, 0) is 58.2 Å². The summed E-state index contributed by atoms with van der Waals surface area (Å²) in [6.07, 6.45) is 14.2. The van der Waals surface area contributed by atoms with Crippen molar-refractivity contribution in [1.82, 2.24) is 10.2 Å². The van der Waals surface area contributed by atoms with Gasteiger partial charge in [0.1, 0.15) is 0 Å². The fourth-order valence-electron chi connectivity index (χ4n) is 4.11. The lowest BCUT2D eigenvalue weighted by molar-refractivity contribution is 0.188. The molecule has 0 aromatic rings. The first-order chi connectivity index (χ1) is 9.31. The molecular weight excluding hydrogens is 232 g/mol. The van der Waals surface area contributed by atoms with E-state index in [0.29, 0.717) is 0 Å². The minimum absolute atomic E-state index is 0.824. The van der Waals surface area contributed by atoms with Crippen LogP contribution in [0.4, 0.5) is 0 Å². The third-order valence-electron chi connectivity index (χ3n) is 5.48. The van der Waals surface area contributed by atoms with Gasteiger partial charge in [-0.25, -0.2) is 0 Å². The van der Waals surface area contributed by atoms with Crippen LogP contribution in [0.1, 0.15) is 71.1 Å². The van der Waals surface area contributed by atoms with Crippen molar-refractivity contribution in [2.24, 2.45) is 5.92 Å². The summed E-state index contributed by atoms with van der Waals surface area (Å²) in [7, 11) is 2.33. The summed E-state index contributed by atoms with van der Waals surface area (Å²) in [4.78, 5) is 2.62. The van der Waals surface area contributed by atoms with E-state index >= 15 is 0 Å². The molecule has 0 amide bonds. The average molecular weight is 266 g/mol. The van der Waals surface area contributed by atoms with Crippen molar-refractivity contribution < 1.29 is 0 Å². The van der Waals surface area contributed by atoms with E-state index in [1.54, 1.807) is 0 Å². The van der Waals surface area contributed by atoms with Gasteiger partial charge >= 0.3 is 0 Å². The lowest BCUT2D eigenvalue weighted by atomic mass is 9.94. The van der Waals surface area contributed by atoms with E-state index in [0.717, 1.165) is 18.0 Å². The van der Waals surface area contributed by atoms with E-state index in [1.165, 1.54) is 77.3 Å². The quantitative estimate of drug-likeness (QED) is 0.705. The molecule has 0 bridgehead atoms. The van der Waals surface area contributed by atoms with Gasteiger partial charge in [-0.3, -0.25) is 0 Å². The van der Waals surface area contributed by atoms with Crippen molar-refractivity contribution >= 4 is 0 Å². The molecule has 0 aromatic carbocycles. The van der Waals surface area contributed by atoms with Crippen LogP contribution in [0.5, 0.6) is 0 Å². The Balaban J connectivity index is 1.55. The highest BCUT2D eigenvalue weighted by atomic mass is 15.1. The molecule has 2 atom stereocenters. The summed E-state index contributed by atoms with van der Waals surface area (Å²) in [5, 5.41) is 3.81. The number of nitrogens with zero attached hydrogens (tertiary/aromatic N) is 1. The zero-order chi connectivity index (χ0) is 13.5. The van der Waals surface area contributed by atoms with Gasteiger partial charge in [-0.1, -0.05) is 39.0 Å². The SMILES string of the molecule is CCC1CCCC1NCCCN(C)C1CCCCC1. The first kappa shape index (κ1) is 15.3. The van der Waals surface area contributed by atoms with Crippen LogP contribution in [0.25, 0.3) is 0 Å². The fourth-order valence-corrected chi connectivity index (χ4v) is 4.11. The van der Waals surface area contributed by atoms with Crippen LogP contribution in [0.15, 0.2) is 0 Å². The van der Waals surface area contributed by atoms with Gasteiger partial charge in [0.05, 0.1) is 0 Å². The van der Waals surface area contributed by atoms with Crippen molar-refractivity contribution in [2.75, 3.05) is 20.1 Å². The molecule has 0 saturated heterocycles. The number of nitrogens with one attached hydrogen (secondary N) is 1. The lowest BCUT2D eigenvalue weighted by Gasteiger charge is -2.31. The molecule has 0 radical (unpaired) electrons. The van der Waals surface area contributed by atoms with Crippen molar-refractivity contribution in [3.63, 3.8) is 0 Å². The zero-order valence-corrected chi connectivity index (χ0v) is 13.2. The minimum Gasteiger partial charge on any atom is -0.314 e. The molecule has 2 aliphatic carbocycles. The molecule has 0 heterocycles. The Morgan fingerprint density at radius 1 is 1.00 bits per heavy atom. The molecule has 1 N–H and O–H groups in total. The molecular formula is C17H34N2. The predicted molar refractivity (Wildman–Crippen MR) is 83.5 cm³/mol. The van der Waals surface area contributed by atoms with Gasteiger partial charge < -0.3 is 10.2 Å². The first-order valence-electron chi connectivity index (χ1n) is 8.75. The molecule has 112 valence electrons. The van der Waals surface area contributed by atoms with E-state index in [4.69, 9.17) is 0 Å². The molecule has 2 rings (SSSR count). The molecule has 0 aromatic heterocycles. The second-order valence-electron chi connectivity index (χ2n) is 6.79. The van der Waals surface area contributed by atoms with E-state index in [-0.39, 0.29) is 0 Å². The Kier molecular flexibility index (Phi) is 6.66. The third-order valence-corrected chi connectivity index (χ3v) is 5.48. The summed E-state index contributed by atoms with van der Waals surface area (Å²) in [6.45, 7) is 4.85. The maximum atomic E-state index is 3.81. The highest BCUT2D eigenvalue weighted by molar-refractivity contribution is 4.82. The normalized spacial score (nSPS) is 29.2. The Morgan fingerprint density at radius 2 is 1.79 bits per heavy atom. The summed E-state index contributed by atoms with van der Waals surface area (Å²) in [6, 6.07) is 1.70. The second-order valence-corrected chi connectivity index (χ2v) is 6.79. The van der Waals surface area contributed by atoms with E-state index in [2.05, 4.69) is 24.2 Å². The van der Waals surface area contributed by atoms with E-state index in [9.17, 15) is 0 Å². The molecule has 2 heteroatoms. The third kappa shape index (κ3) is 4.75. The topological polar surface area (TPSA) is 15.3 Å². The van der Waals surface area contributed by atoms with Crippen LogP contribution in [0.3, 0.4) is 0 Å². The average Bonchev–Trinajstić information content (AvgIpc) is 2.91. The van der Waals surface area contributed by atoms with Gasteiger partial charge in [-0.2, -0.15) is 0 Å². The largest absolute Gasteiger partial charge is 0.314 e. The monoisotopic (exact) mass is 266 g/mol. The van der Waals surface area contributed by atoms with E-state index < -0.39 is 0 Å². The molecule has 19 heavy (non-hydrogen) atoms. The summed E-state index contributed by atoms with van der Waals surface area (Å²) in [5.41, 5.74) is 0. The zero-order valence-electron chi connectivity index (χ0n) is 13.2. The summed E-state index contributed by atoms with van der Waals surface area (Å²) in [5.74, 6) is 0.955. The van der Waals surface area contributed by atoms with Gasteiger partial charge in [0, 0.05) is 12.1 Å². The van der Waals surface area contributed by atoms with Crippen LogP contribution in [0.2, 0.25) is 0 Å². The van der Waals surface area contributed by atoms with Crippen LogP contribution in [-0.4, -0.2) is 37.1 Å². The van der Waals surface area contributed by atoms with Gasteiger partial charge in [-0.15, -0.1) is 0 Å². The lowest BCUT2D eigenvalue weighted by Crippen LogP contribution is -2.37. The highest BCUT2D eigenvalue weighted by Gasteiger charge is 2.24. The Hall–Kier alpha value is -0.0800. The van der Waals surface area contributed by atoms with Crippen molar-refractivity contribution in [3.8, 4) is 0 Å². The highest BCUT2D eigenvalue weighted by Crippen LogP contribution is 2.28. The number of rotatable bonds is 7. The fraction of sp³-hybridized carbons (Fsp3) is 1.00. The van der Waals surface area contributed by atoms with Crippen LogP contribution in [-0.2, 0) is 0 Å². The van der Waals surface area contributed by atoms with E-state index in [1.807, 2.05) is 0 Å². The molecule has 2 aliphatic rings. The second kappa shape index (κ2) is 8.26. The van der Waals surface area contributed by atoms with Gasteiger partial charge in [0.15, 0.2) is 0 Å². The molecule has 2 fully saturated rings. The maximum Gasteiger partial charge on any atom is 0.00952 e. The molecule has 2 saturated carbocycles. The van der Waals surface area contributed by atoms with Gasteiger partial charge in [0.2, 0.25) is 0 Å². The summed E-state index contributed by atoms with van der Waals surface area (Å²) < 4.78 is 0. The van der Waals surface area contributed by atoms with Gasteiger partial charge in [0.25, 0.3) is 0 Å². The Bertz CT molecular complexity index is 235. The van der Waals surface area contributed by atoms with Crippen molar-refractivity contribution in [1.29, 1.82) is 0 Å². The van der Waals surface area contributed by atoms with Crippen LogP contribution in [0, 0.1) is 5.92 Å². The van der Waals surface area contributed by atoms with Crippen LogP contribution < -0.4 is 5.32 Å². The number of hydrogen-bond acceptors (Lipinski definition) is 2.